The van der Waals surface area contributed by atoms with Crippen LogP contribution in [0.5, 0.6) is 0 Å². The van der Waals surface area contributed by atoms with Gasteiger partial charge in [-0.1, -0.05) is 37.1 Å². The quantitative estimate of drug-likeness (QED) is 0.884. The number of fused-ring (bicyclic) bond motifs is 1. The van der Waals surface area contributed by atoms with E-state index in [1.165, 1.54) is 24.0 Å². The molecule has 4 heteroatoms. The summed E-state index contributed by atoms with van der Waals surface area (Å²) in [6.45, 7) is 1.94. The van der Waals surface area contributed by atoms with Crippen molar-refractivity contribution in [1.29, 1.82) is 0 Å². The van der Waals surface area contributed by atoms with Gasteiger partial charge in [0.2, 0.25) is 5.91 Å². The Morgan fingerprint density at radius 2 is 2.05 bits per heavy atom. The van der Waals surface area contributed by atoms with E-state index in [9.17, 15) is 4.79 Å². The Morgan fingerprint density at radius 3 is 2.81 bits per heavy atom. The first-order valence-corrected chi connectivity index (χ1v) is 8.09. The van der Waals surface area contributed by atoms with Gasteiger partial charge in [-0.05, 0) is 30.4 Å². The molecule has 21 heavy (non-hydrogen) atoms. The minimum absolute atomic E-state index is 0.153. The van der Waals surface area contributed by atoms with Crippen LogP contribution in [0.4, 0.5) is 0 Å². The maximum absolute atomic E-state index is 12.2. The number of carbonyl (C=O) groups is 1. The molecule has 0 radical (unpaired) electrons. The van der Waals surface area contributed by atoms with Crippen molar-refractivity contribution in [3.8, 4) is 0 Å². The van der Waals surface area contributed by atoms with E-state index in [0.29, 0.717) is 19.1 Å². The predicted molar refractivity (Wildman–Crippen MR) is 83.9 cm³/mol. The van der Waals surface area contributed by atoms with Crippen molar-refractivity contribution in [1.82, 2.24) is 10.2 Å². The molecule has 1 aromatic rings. The summed E-state index contributed by atoms with van der Waals surface area (Å²) in [6.07, 6.45) is 5.76. The summed E-state index contributed by atoms with van der Waals surface area (Å²) in [5.74, 6) is 0.153. The molecule has 1 aliphatic carbocycles. The Morgan fingerprint density at radius 1 is 1.29 bits per heavy atom. The van der Waals surface area contributed by atoms with E-state index in [0.717, 1.165) is 25.8 Å². The van der Waals surface area contributed by atoms with Crippen molar-refractivity contribution >= 4 is 5.91 Å². The summed E-state index contributed by atoms with van der Waals surface area (Å²) in [5, 5.41) is 3.17. The van der Waals surface area contributed by atoms with Gasteiger partial charge in [0.15, 0.2) is 0 Å². The van der Waals surface area contributed by atoms with E-state index < -0.39 is 0 Å². The molecule has 3 N–H and O–H groups in total. The van der Waals surface area contributed by atoms with Crippen molar-refractivity contribution in [2.75, 3.05) is 19.6 Å². The molecule has 1 heterocycles. The van der Waals surface area contributed by atoms with Gasteiger partial charge in [-0.2, -0.15) is 0 Å². The van der Waals surface area contributed by atoms with Gasteiger partial charge >= 0.3 is 0 Å². The molecule has 1 aromatic carbocycles. The van der Waals surface area contributed by atoms with E-state index in [-0.39, 0.29) is 11.9 Å². The average molecular weight is 287 g/mol. The van der Waals surface area contributed by atoms with Crippen molar-refractivity contribution in [3.63, 3.8) is 0 Å². The van der Waals surface area contributed by atoms with E-state index in [2.05, 4.69) is 34.5 Å². The zero-order chi connectivity index (χ0) is 14.7. The SMILES string of the molecule is NCC1c2ccccc2CCN1CC(=O)NC1CCCC1. The molecule has 0 saturated heterocycles. The smallest absolute Gasteiger partial charge is 0.234 e. The van der Waals surface area contributed by atoms with Gasteiger partial charge in [-0.3, -0.25) is 9.69 Å². The molecule has 0 bridgehead atoms. The van der Waals surface area contributed by atoms with Crippen LogP contribution in [-0.2, 0) is 11.2 Å². The fourth-order valence-electron chi connectivity index (χ4n) is 3.70. The molecule has 1 atom stereocenters. The summed E-state index contributed by atoms with van der Waals surface area (Å²) in [5.41, 5.74) is 8.64. The zero-order valence-electron chi connectivity index (χ0n) is 12.6. The average Bonchev–Trinajstić information content (AvgIpc) is 2.99. The monoisotopic (exact) mass is 287 g/mol. The third-order valence-electron chi connectivity index (χ3n) is 4.81. The fraction of sp³-hybridized carbons (Fsp3) is 0.588. The molecule has 0 spiro atoms. The lowest BCUT2D eigenvalue weighted by molar-refractivity contribution is -0.123. The lowest BCUT2D eigenvalue weighted by atomic mass is 9.92. The van der Waals surface area contributed by atoms with Crippen LogP contribution in [0, 0.1) is 0 Å². The summed E-state index contributed by atoms with van der Waals surface area (Å²) >= 11 is 0. The van der Waals surface area contributed by atoms with Crippen LogP contribution in [0.25, 0.3) is 0 Å². The molecule has 2 aliphatic rings. The number of amides is 1. The maximum atomic E-state index is 12.2. The number of rotatable bonds is 4. The highest BCUT2D eigenvalue weighted by Gasteiger charge is 2.28. The molecule has 1 fully saturated rings. The third-order valence-corrected chi connectivity index (χ3v) is 4.81. The second-order valence-electron chi connectivity index (χ2n) is 6.22. The number of nitrogens with two attached hydrogens (primary N) is 1. The molecule has 4 nitrogen and oxygen atoms in total. The molecule has 114 valence electrons. The van der Waals surface area contributed by atoms with Gasteiger partial charge in [0.1, 0.15) is 0 Å². The summed E-state index contributed by atoms with van der Waals surface area (Å²) in [6, 6.07) is 9.02. The first-order chi connectivity index (χ1) is 10.3. The highest BCUT2D eigenvalue weighted by atomic mass is 16.2. The topological polar surface area (TPSA) is 58.4 Å². The molecule has 1 unspecified atom stereocenters. The van der Waals surface area contributed by atoms with Crippen molar-refractivity contribution in [2.24, 2.45) is 5.73 Å². The predicted octanol–water partition coefficient (Wildman–Crippen LogP) is 1.60. The standard InChI is InChI=1S/C17H25N3O/c18-11-16-15-8-4-1-5-13(15)9-10-20(16)12-17(21)19-14-6-2-3-7-14/h1,4-5,8,14,16H,2-3,6-7,9-12,18H2,(H,19,21). The summed E-state index contributed by atoms with van der Waals surface area (Å²) in [7, 11) is 0. The lowest BCUT2D eigenvalue weighted by Crippen LogP contribution is -2.46. The largest absolute Gasteiger partial charge is 0.352 e. The Bertz CT molecular complexity index is 497. The van der Waals surface area contributed by atoms with Crippen LogP contribution in [0.15, 0.2) is 24.3 Å². The number of nitrogens with one attached hydrogen (secondary N) is 1. The van der Waals surface area contributed by atoms with E-state index >= 15 is 0 Å². The molecule has 1 amide bonds. The zero-order valence-corrected chi connectivity index (χ0v) is 12.6. The maximum Gasteiger partial charge on any atom is 0.234 e. The molecule has 1 aliphatic heterocycles. The Labute approximate surface area is 126 Å². The molecule has 0 aromatic heterocycles. The summed E-state index contributed by atoms with van der Waals surface area (Å²) in [4.78, 5) is 14.5. The molecular weight excluding hydrogens is 262 g/mol. The minimum atomic E-state index is 0.153. The van der Waals surface area contributed by atoms with Crippen molar-refractivity contribution in [3.05, 3.63) is 35.4 Å². The van der Waals surface area contributed by atoms with Gasteiger partial charge in [-0.15, -0.1) is 0 Å². The first-order valence-electron chi connectivity index (χ1n) is 8.09. The third kappa shape index (κ3) is 3.27. The number of hydrogen-bond acceptors (Lipinski definition) is 3. The fourth-order valence-corrected chi connectivity index (χ4v) is 3.70. The number of nitrogens with zero attached hydrogens (tertiary/aromatic N) is 1. The second kappa shape index (κ2) is 6.58. The highest BCUT2D eigenvalue weighted by Crippen LogP contribution is 2.28. The summed E-state index contributed by atoms with van der Waals surface area (Å²) < 4.78 is 0. The van der Waals surface area contributed by atoms with Crippen LogP contribution in [0.2, 0.25) is 0 Å². The van der Waals surface area contributed by atoms with Crippen LogP contribution in [0.1, 0.15) is 42.9 Å². The van der Waals surface area contributed by atoms with Gasteiger partial charge < -0.3 is 11.1 Å². The van der Waals surface area contributed by atoms with Crippen LogP contribution in [-0.4, -0.2) is 36.5 Å². The van der Waals surface area contributed by atoms with E-state index in [4.69, 9.17) is 5.73 Å². The van der Waals surface area contributed by atoms with Crippen LogP contribution in [0.3, 0.4) is 0 Å². The number of benzene rings is 1. The second-order valence-corrected chi connectivity index (χ2v) is 6.22. The molecule has 1 saturated carbocycles. The van der Waals surface area contributed by atoms with E-state index in [1.807, 2.05) is 0 Å². The Kier molecular flexibility index (Phi) is 4.56. The van der Waals surface area contributed by atoms with Gasteiger partial charge in [0.25, 0.3) is 0 Å². The number of hydrogen-bond donors (Lipinski definition) is 2. The Balaban J connectivity index is 1.64. The van der Waals surface area contributed by atoms with Gasteiger partial charge in [-0.25, -0.2) is 0 Å². The van der Waals surface area contributed by atoms with E-state index in [1.54, 1.807) is 0 Å². The van der Waals surface area contributed by atoms with Gasteiger partial charge in [0.05, 0.1) is 6.54 Å². The first kappa shape index (κ1) is 14.5. The van der Waals surface area contributed by atoms with Crippen LogP contribution < -0.4 is 11.1 Å². The molecule has 3 rings (SSSR count). The van der Waals surface area contributed by atoms with Crippen LogP contribution >= 0.6 is 0 Å². The van der Waals surface area contributed by atoms with Crippen molar-refractivity contribution in [2.45, 2.75) is 44.2 Å². The minimum Gasteiger partial charge on any atom is -0.352 e. The normalized spacial score (nSPS) is 23.0. The highest BCUT2D eigenvalue weighted by molar-refractivity contribution is 5.78. The van der Waals surface area contributed by atoms with Crippen molar-refractivity contribution < 1.29 is 4.79 Å². The lowest BCUT2D eigenvalue weighted by Gasteiger charge is -2.36. The Hall–Kier alpha value is -1.39. The van der Waals surface area contributed by atoms with Gasteiger partial charge in [0, 0.05) is 25.2 Å². The molecular formula is C17H25N3O. The number of carbonyl (C=O) groups excluding carboxylic acids is 1.